The normalized spacial score (nSPS) is 15.6. The van der Waals surface area contributed by atoms with Gasteiger partial charge in [0.1, 0.15) is 5.75 Å². The van der Waals surface area contributed by atoms with Crippen molar-refractivity contribution in [3.8, 4) is 5.75 Å². The first-order chi connectivity index (χ1) is 9.18. The zero-order valence-corrected chi connectivity index (χ0v) is 11.9. The van der Waals surface area contributed by atoms with Gasteiger partial charge in [-0.3, -0.25) is 4.79 Å². The van der Waals surface area contributed by atoms with Crippen molar-refractivity contribution in [3.05, 3.63) is 29.8 Å². The Labute approximate surface area is 115 Å². The van der Waals surface area contributed by atoms with Crippen LogP contribution in [0.1, 0.15) is 44.6 Å². The van der Waals surface area contributed by atoms with Crippen molar-refractivity contribution in [2.75, 3.05) is 19.7 Å². The summed E-state index contributed by atoms with van der Waals surface area (Å²) in [5, 5.41) is 0. The predicted molar refractivity (Wildman–Crippen MR) is 76.5 cm³/mol. The van der Waals surface area contributed by atoms with E-state index in [0.29, 0.717) is 5.92 Å². The van der Waals surface area contributed by atoms with Crippen LogP contribution in [0.5, 0.6) is 5.75 Å². The molecule has 2 rings (SSSR count). The maximum absolute atomic E-state index is 12.1. The highest BCUT2D eigenvalue weighted by Crippen LogP contribution is 2.25. The summed E-state index contributed by atoms with van der Waals surface area (Å²) in [5.41, 5.74) is 1.16. The fraction of sp³-hybridized carbons (Fsp3) is 0.562. The first kappa shape index (κ1) is 13.9. The second kappa shape index (κ2) is 6.60. The first-order valence-electron chi connectivity index (χ1n) is 7.18. The summed E-state index contributed by atoms with van der Waals surface area (Å²) >= 11 is 0. The number of hydrogen-bond acceptors (Lipinski definition) is 2. The van der Waals surface area contributed by atoms with Crippen LogP contribution in [0.4, 0.5) is 0 Å². The zero-order valence-electron chi connectivity index (χ0n) is 11.9. The van der Waals surface area contributed by atoms with Crippen LogP contribution >= 0.6 is 0 Å². The van der Waals surface area contributed by atoms with Crippen LogP contribution in [-0.4, -0.2) is 30.5 Å². The van der Waals surface area contributed by atoms with Gasteiger partial charge in [0.25, 0.3) is 5.91 Å². The summed E-state index contributed by atoms with van der Waals surface area (Å²) in [6, 6.07) is 7.96. The number of piperidine rings is 1. The number of likely N-dealkylation sites (tertiary alicyclic amines) is 1. The lowest BCUT2D eigenvalue weighted by Crippen LogP contribution is -2.38. The minimum absolute atomic E-state index is 0.109. The summed E-state index contributed by atoms with van der Waals surface area (Å²) in [6.45, 7) is 6.19. The molecule has 3 nitrogen and oxygen atoms in total. The summed E-state index contributed by atoms with van der Waals surface area (Å²) in [6.07, 6.45) is 3.48. The molecule has 0 saturated carbocycles. The Morgan fingerprint density at radius 2 is 1.89 bits per heavy atom. The molecule has 1 saturated heterocycles. The Morgan fingerprint density at radius 3 is 2.58 bits per heavy atom. The predicted octanol–water partition coefficient (Wildman–Crippen LogP) is 3.20. The minimum atomic E-state index is 0.109. The van der Waals surface area contributed by atoms with E-state index < -0.39 is 0 Å². The first-order valence-corrected chi connectivity index (χ1v) is 7.18. The van der Waals surface area contributed by atoms with Crippen molar-refractivity contribution in [2.24, 2.45) is 0 Å². The molecule has 3 heteroatoms. The molecule has 1 aromatic rings. The molecule has 0 aliphatic carbocycles. The molecule has 19 heavy (non-hydrogen) atoms. The van der Waals surface area contributed by atoms with Crippen molar-refractivity contribution in [3.63, 3.8) is 0 Å². The van der Waals surface area contributed by atoms with Gasteiger partial charge in [-0.25, -0.2) is 0 Å². The van der Waals surface area contributed by atoms with Crippen molar-refractivity contribution >= 4 is 5.91 Å². The van der Waals surface area contributed by atoms with Crippen LogP contribution in [0, 0.1) is 0 Å². The van der Waals surface area contributed by atoms with E-state index in [1.54, 1.807) is 0 Å². The molecule has 0 atom stereocenters. The third-order valence-electron chi connectivity index (χ3n) is 3.60. The molecule has 0 N–H and O–H groups in total. The van der Waals surface area contributed by atoms with Gasteiger partial charge in [0, 0.05) is 13.1 Å². The van der Waals surface area contributed by atoms with E-state index in [1.165, 1.54) is 6.42 Å². The van der Waals surface area contributed by atoms with Gasteiger partial charge >= 0.3 is 0 Å². The van der Waals surface area contributed by atoms with Gasteiger partial charge in [-0.2, -0.15) is 0 Å². The Morgan fingerprint density at radius 1 is 1.21 bits per heavy atom. The highest BCUT2D eigenvalue weighted by atomic mass is 16.5. The van der Waals surface area contributed by atoms with Gasteiger partial charge in [0.15, 0.2) is 6.61 Å². The number of carbonyl (C=O) groups excluding carboxylic acids is 1. The number of para-hydroxylation sites is 1. The Bertz CT molecular complexity index is 423. The summed E-state index contributed by atoms with van der Waals surface area (Å²) in [7, 11) is 0. The average molecular weight is 261 g/mol. The van der Waals surface area contributed by atoms with E-state index in [1.807, 2.05) is 23.1 Å². The second-order valence-corrected chi connectivity index (χ2v) is 5.42. The van der Waals surface area contributed by atoms with Crippen LogP contribution < -0.4 is 4.74 Å². The van der Waals surface area contributed by atoms with Crippen molar-refractivity contribution in [1.82, 2.24) is 4.90 Å². The lowest BCUT2D eigenvalue weighted by molar-refractivity contribution is -0.134. The number of nitrogens with zero attached hydrogens (tertiary/aromatic N) is 1. The van der Waals surface area contributed by atoms with Crippen LogP contribution in [0.15, 0.2) is 24.3 Å². The Balaban J connectivity index is 1.93. The van der Waals surface area contributed by atoms with Crippen LogP contribution in [-0.2, 0) is 4.79 Å². The standard InChI is InChI=1S/C16H23NO2/c1-13(2)14-8-4-5-9-15(14)19-12-16(18)17-10-6-3-7-11-17/h4-5,8-9,13H,3,6-7,10-12H2,1-2H3. The smallest absolute Gasteiger partial charge is 0.260 e. The molecule has 1 heterocycles. The summed E-state index contributed by atoms with van der Waals surface area (Å²) in [5.74, 6) is 1.35. The van der Waals surface area contributed by atoms with E-state index >= 15 is 0 Å². The topological polar surface area (TPSA) is 29.5 Å². The summed E-state index contributed by atoms with van der Waals surface area (Å²) < 4.78 is 5.72. The molecule has 0 spiro atoms. The number of amides is 1. The maximum atomic E-state index is 12.1. The van der Waals surface area contributed by atoms with E-state index in [2.05, 4.69) is 19.9 Å². The van der Waals surface area contributed by atoms with Crippen molar-refractivity contribution in [2.45, 2.75) is 39.0 Å². The monoisotopic (exact) mass is 261 g/mol. The molecule has 1 aromatic carbocycles. The molecule has 1 amide bonds. The molecule has 1 aliphatic heterocycles. The highest BCUT2D eigenvalue weighted by molar-refractivity contribution is 5.77. The minimum Gasteiger partial charge on any atom is -0.483 e. The van der Waals surface area contributed by atoms with Crippen LogP contribution in [0.25, 0.3) is 0 Å². The lowest BCUT2D eigenvalue weighted by Gasteiger charge is -2.26. The van der Waals surface area contributed by atoms with Gasteiger partial charge < -0.3 is 9.64 Å². The van der Waals surface area contributed by atoms with E-state index in [9.17, 15) is 4.79 Å². The number of carbonyl (C=O) groups is 1. The van der Waals surface area contributed by atoms with E-state index in [-0.39, 0.29) is 12.5 Å². The number of hydrogen-bond donors (Lipinski definition) is 0. The van der Waals surface area contributed by atoms with Gasteiger partial charge in [-0.15, -0.1) is 0 Å². The van der Waals surface area contributed by atoms with Gasteiger partial charge in [0.05, 0.1) is 0 Å². The molecular formula is C16H23NO2. The molecule has 1 aliphatic rings. The van der Waals surface area contributed by atoms with Crippen LogP contribution in [0.2, 0.25) is 0 Å². The summed E-state index contributed by atoms with van der Waals surface area (Å²) in [4.78, 5) is 14.0. The van der Waals surface area contributed by atoms with Gasteiger partial charge in [-0.1, -0.05) is 32.0 Å². The quantitative estimate of drug-likeness (QED) is 0.833. The second-order valence-electron chi connectivity index (χ2n) is 5.42. The van der Waals surface area contributed by atoms with E-state index in [4.69, 9.17) is 4.74 Å². The van der Waals surface area contributed by atoms with Gasteiger partial charge in [-0.05, 0) is 36.8 Å². The maximum Gasteiger partial charge on any atom is 0.260 e. The van der Waals surface area contributed by atoms with Crippen molar-refractivity contribution in [1.29, 1.82) is 0 Å². The fourth-order valence-electron chi connectivity index (χ4n) is 2.46. The third-order valence-corrected chi connectivity index (χ3v) is 3.60. The Kier molecular flexibility index (Phi) is 4.83. The Hall–Kier alpha value is -1.51. The molecule has 0 radical (unpaired) electrons. The lowest BCUT2D eigenvalue weighted by atomic mass is 10.0. The van der Waals surface area contributed by atoms with Gasteiger partial charge in [0.2, 0.25) is 0 Å². The SMILES string of the molecule is CC(C)c1ccccc1OCC(=O)N1CCCCC1. The highest BCUT2D eigenvalue weighted by Gasteiger charge is 2.17. The zero-order chi connectivity index (χ0) is 13.7. The van der Waals surface area contributed by atoms with Crippen LogP contribution in [0.3, 0.4) is 0 Å². The third kappa shape index (κ3) is 3.72. The van der Waals surface area contributed by atoms with E-state index in [0.717, 1.165) is 37.2 Å². The largest absolute Gasteiger partial charge is 0.483 e. The number of benzene rings is 1. The molecule has 0 unspecified atom stereocenters. The average Bonchev–Trinajstić information content (AvgIpc) is 2.46. The molecule has 104 valence electrons. The molecule has 0 aromatic heterocycles. The molecule has 1 fully saturated rings. The molecular weight excluding hydrogens is 238 g/mol. The number of rotatable bonds is 4. The molecule has 0 bridgehead atoms. The van der Waals surface area contributed by atoms with Crippen molar-refractivity contribution < 1.29 is 9.53 Å². The fourth-order valence-corrected chi connectivity index (χ4v) is 2.46. The number of ether oxygens (including phenoxy) is 1.